The molecule has 26 heavy (non-hydrogen) atoms. The monoisotopic (exact) mass is 366 g/mol. The quantitative estimate of drug-likeness (QED) is 0.460. The number of likely N-dealkylation sites (N-methyl/N-ethyl adjacent to an activating group) is 1. The molecule has 1 saturated heterocycles. The Balaban J connectivity index is 1.90. The van der Waals surface area contributed by atoms with Crippen LogP contribution in [0.15, 0.2) is 4.99 Å². The van der Waals surface area contributed by atoms with Crippen LogP contribution in [-0.4, -0.2) is 74.7 Å². The fourth-order valence-electron chi connectivity index (χ4n) is 4.52. The lowest BCUT2D eigenvalue weighted by Crippen LogP contribution is -2.57. The number of likely N-dealkylation sites (tertiary alicyclic amines) is 1. The third kappa shape index (κ3) is 5.12. The van der Waals surface area contributed by atoms with E-state index in [9.17, 15) is 4.79 Å². The minimum absolute atomic E-state index is 0.0385. The summed E-state index contributed by atoms with van der Waals surface area (Å²) in [5.41, 5.74) is 0.205. The van der Waals surface area contributed by atoms with Gasteiger partial charge in [0.05, 0.1) is 12.5 Å². The first-order valence-electron chi connectivity index (χ1n) is 10.2. The lowest BCUT2D eigenvalue weighted by molar-refractivity contribution is -0.149. The predicted octanol–water partition coefficient (Wildman–Crippen LogP) is 2.35. The summed E-state index contributed by atoms with van der Waals surface area (Å²) >= 11 is 0. The number of nitrogens with one attached hydrogen (secondary N) is 1. The minimum atomic E-state index is -0.0437. The van der Waals surface area contributed by atoms with Crippen LogP contribution in [0.5, 0.6) is 0 Å². The molecule has 2 aliphatic rings. The highest BCUT2D eigenvalue weighted by Gasteiger charge is 2.37. The van der Waals surface area contributed by atoms with Crippen LogP contribution in [0.1, 0.15) is 52.4 Å². The van der Waals surface area contributed by atoms with E-state index in [1.54, 1.807) is 0 Å². The molecule has 150 valence electrons. The van der Waals surface area contributed by atoms with Gasteiger partial charge in [-0.2, -0.15) is 0 Å². The van der Waals surface area contributed by atoms with Crippen molar-refractivity contribution in [1.82, 2.24) is 15.1 Å². The van der Waals surface area contributed by atoms with Crippen LogP contribution >= 0.6 is 0 Å². The van der Waals surface area contributed by atoms with Crippen molar-refractivity contribution in [1.29, 1.82) is 0 Å². The van der Waals surface area contributed by atoms with Gasteiger partial charge >= 0.3 is 5.97 Å². The maximum absolute atomic E-state index is 11.9. The van der Waals surface area contributed by atoms with E-state index < -0.39 is 0 Å². The number of aliphatic imine (C=N–C) groups is 1. The van der Waals surface area contributed by atoms with Gasteiger partial charge in [-0.25, -0.2) is 0 Å². The Bertz CT molecular complexity index is 486. The van der Waals surface area contributed by atoms with Crippen molar-refractivity contribution < 1.29 is 9.53 Å². The maximum Gasteiger partial charge on any atom is 0.309 e. The van der Waals surface area contributed by atoms with E-state index in [1.807, 2.05) is 14.0 Å². The van der Waals surface area contributed by atoms with Gasteiger partial charge in [-0.3, -0.25) is 9.79 Å². The lowest BCUT2D eigenvalue weighted by Gasteiger charge is -2.46. The van der Waals surface area contributed by atoms with E-state index in [1.165, 1.54) is 25.7 Å². The van der Waals surface area contributed by atoms with Gasteiger partial charge in [0.25, 0.3) is 0 Å². The number of carbonyl (C=O) groups is 1. The van der Waals surface area contributed by atoms with E-state index in [2.05, 4.69) is 41.1 Å². The number of guanidine groups is 1. The van der Waals surface area contributed by atoms with Crippen molar-refractivity contribution in [3.63, 3.8) is 0 Å². The summed E-state index contributed by atoms with van der Waals surface area (Å²) in [7, 11) is 6.26. The summed E-state index contributed by atoms with van der Waals surface area (Å²) in [6, 6.07) is 0. The first-order valence-corrected chi connectivity index (χ1v) is 10.2. The molecule has 2 rings (SSSR count). The zero-order chi connectivity index (χ0) is 19.2. The first-order chi connectivity index (χ1) is 12.4. The molecule has 6 nitrogen and oxygen atoms in total. The van der Waals surface area contributed by atoms with Crippen LogP contribution in [0.2, 0.25) is 0 Å². The number of carbonyl (C=O) groups excluding carboxylic acids is 1. The molecule has 6 heteroatoms. The van der Waals surface area contributed by atoms with Crippen molar-refractivity contribution in [2.75, 3.05) is 47.4 Å². The average molecular weight is 367 g/mol. The van der Waals surface area contributed by atoms with E-state index in [0.717, 1.165) is 44.4 Å². The standard InChI is InChI=1S/C20H38N4O2/c1-6-26-18(25)17-9-12-24(13-10-17)19(21-3)22-15-20(23(4)5)11-7-8-16(2)14-20/h16-17H,6-15H2,1-5H3,(H,21,22). The van der Waals surface area contributed by atoms with E-state index >= 15 is 0 Å². The van der Waals surface area contributed by atoms with Gasteiger partial charge in [0.15, 0.2) is 5.96 Å². The molecule has 0 radical (unpaired) electrons. The van der Waals surface area contributed by atoms with Crippen molar-refractivity contribution in [3.05, 3.63) is 0 Å². The molecular formula is C20H38N4O2. The second-order valence-corrected chi connectivity index (χ2v) is 8.23. The van der Waals surface area contributed by atoms with Gasteiger partial charge < -0.3 is 19.9 Å². The largest absolute Gasteiger partial charge is 0.466 e. The summed E-state index contributed by atoms with van der Waals surface area (Å²) in [5, 5.41) is 3.64. The number of hydrogen-bond donors (Lipinski definition) is 1. The van der Waals surface area contributed by atoms with Crippen molar-refractivity contribution in [2.24, 2.45) is 16.8 Å². The molecule has 1 aliphatic carbocycles. The molecule has 2 fully saturated rings. The van der Waals surface area contributed by atoms with Crippen LogP contribution in [0, 0.1) is 11.8 Å². The lowest BCUT2D eigenvalue weighted by atomic mass is 9.75. The van der Waals surface area contributed by atoms with Gasteiger partial charge in [-0.05, 0) is 52.6 Å². The Morgan fingerprint density at radius 2 is 2.00 bits per heavy atom. The molecular weight excluding hydrogens is 328 g/mol. The molecule has 1 aliphatic heterocycles. The molecule has 0 amide bonds. The molecule has 0 bridgehead atoms. The molecule has 2 atom stereocenters. The molecule has 0 aromatic rings. The fraction of sp³-hybridized carbons (Fsp3) is 0.900. The van der Waals surface area contributed by atoms with Crippen molar-refractivity contribution >= 4 is 11.9 Å². The number of hydrogen-bond acceptors (Lipinski definition) is 4. The van der Waals surface area contributed by atoms with Gasteiger partial charge in [0.1, 0.15) is 0 Å². The Morgan fingerprint density at radius 1 is 1.31 bits per heavy atom. The third-order valence-electron chi connectivity index (χ3n) is 6.22. The van der Waals surface area contributed by atoms with E-state index in [-0.39, 0.29) is 17.4 Å². The normalized spacial score (nSPS) is 28.3. The molecule has 2 unspecified atom stereocenters. The number of piperidine rings is 1. The summed E-state index contributed by atoms with van der Waals surface area (Å²) in [4.78, 5) is 21.1. The van der Waals surface area contributed by atoms with Gasteiger partial charge in [-0.1, -0.05) is 19.8 Å². The van der Waals surface area contributed by atoms with Crippen molar-refractivity contribution in [2.45, 2.75) is 57.9 Å². The van der Waals surface area contributed by atoms with Gasteiger partial charge in [0, 0.05) is 32.2 Å². The fourth-order valence-corrected chi connectivity index (χ4v) is 4.52. The summed E-state index contributed by atoms with van der Waals surface area (Å²) in [6.07, 6.45) is 6.79. The highest BCUT2D eigenvalue weighted by Crippen LogP contribution is 2.35. The van der Waals surface area contributed by atoms with E-state index in [0.29, 0.717) is 6.61 Å². The van der Waals surface area contributed by atoms with Crippen LogP contribution < -0.4 is 5.32 Å². The average Bonchev–Trinajstić information content (AvgIpc) is 2.63. The topological polar surface area (TPSA) is 57.2 Å². The van der Waals surface area contributed by atoms with Crippen molar-refractivity contribution in [3.8, 4) is 0 Å². The Morgan fingerprint density at radius 3 is 2.54 bits per heavy atom. The third-order valence-corrected chi connectivity index (χ3v) is 6.22. The molecule has 0 spiro atoms. The number of rotatable bonds is 5. The van der Waals surface area contributed by atoms with Crippen LogP contribution in [0.3, 0.4) is 0 Å². The van der Waals surface area contributed by atoms with Crippen LogP contribution in [-0.2, 0) is 9.53 Å². The van der Waals surface area contributed by atoms with Crippen LogP contribution in [0.4, 0.5) is 0 Å². The zero-order valence-corrected chi connectivity index (χ0v) is 17.4. The van der Waals surface area contributed by atoms with Crippen LogP contribution in [0.25, 0.3) is 0 Å². The molecule has 1 saturated carbocycles. The summed E-state index contributed by atoms with van der Waals surface area (Å²) in [6.45, 7) is 7.34. The zero-order valence-electron chi connectivity index (χ0n) is 17.4. The molecule has 1 heterocycles. The number of ether oxygens (including phenoxy) is 1. The highest BCUT2D eigenvalue weighted by molar-refractivity contribution is 5.80. The smallest absolute Gasteiger partial charge is 0.309 e. The summed E-state index contributed by atoms with van der Waals surface area (Å²) in [5.74, 6) is 1.73. The SMILES string of the molecule is CCOC(=O)C1CCN(C(=NC)NCC2(N(C)C)CCCC(C)C2)CC1. The summed E-state index contributed by atoms with van der Waals surface area (Å²) < 4.78 is 5.17. The second-order valence-electron chi connectivity index (χ2n) is 8.23. The molecule has 0 aromatic carbocycles. The Labute approximate surface area is 159 Å². The highest BCUT2D eigenvalue weighted by atomic mass is 16.5. The molecule has 1 N–H and O–H groups in total. The maximum atomic E-state index is 11.9. The minimum Gasteiger partial charge on any atom is -0.466 e. The Hall–Kier alpha value is -1.30. The number of esters is 1. The predicted molar refractivity (Wildman–Crippen MR) is 106 cm³/mol. The Kier molecular flexibility index (Phi) is 7.74. The second kappa shape index (κ2) is 9.58. The first kappa shape index (κ1) is 21.0. The van der Waals surface area contributed by atoms with Gasteiger partial charge in [0.2, 0.25) is 0 Å². The van der Waals surface area contributed by atoms with E-state index in [4.69, 9.17) is 4.74 Å². The molecule has 0 aromatic heterocycles. The number of nitrogens with zero attached hydrogens (tertiary/aromatic N) is 3. The van der Waals surface area contributed by atoms with Gasteiger partial charge in [-0.15, -0.1) is 0 Å².